The first-order valence-corrected chi connectivity index (χ1v) is 10.4. The van der Waals surface area contributed by atoms with E-state index in [1.165, 1.54) is 0 Å². The summed E-state index contributed by atoms with van der Waals surface area (Å²) in [5.74, 6) is 0.583. The summed E-state index contributed by atoms with van der Waals surface area (Å²) >= 11 is 7.56. The summed E-state index contributed by atoms with van der Waals surface area (Å²) in [4.78, 5) is 25.8. The maximum atomic E-state index is 12.4. The minimum Gasteiger partial charge on any atom is -0.350 e. The molecular formula is C21H25ClN2O2S. The van der Waals surface area contributed by atoms with Gasteiger partial charge in [0.2, 0.25) is 5.91 Å². The van der Waals surface area contributed by atoms with E-state index in [9.17, 15) is 9.59 Å². The number of rotatable bonds is 9. The van der Waals surface area contributed by atoms with E-state index in [1.807, 2.05) is 44.2 Å². The van der Waals surface area contributed by atoms with E-state index >= 15 is 0 Å². The molecule has 0 aliphatic carbocycles. The molecule has 2 aromatic carbocycles. The fourth-order valence-corrected chi connectivity index (χ4v) is 3.34. The van der Waals surface area contributed by atoms with Crippen molar-refractivity contribution in [2.45, 2.75) is 44.0 Å². The highest BCUT2D eigenvalue weighted by Gasteiger charge is 2.14. The number of anilines is 1. The summed E-state index contributed by atoms with van der Waals surface area (Å²) in [7, 11) is 0. The summed E-state index contributed by atoms with van der Waals surface area (Å²) in [6.45, 7) is 3.97. The molecule has 1 unspecified atom stereocenters. The van der Waals surface area contributed by atoms with Crippen LogP contribution in [0.3, 0.4) is 0 Å². The lowest BCUT2D eigenvalue weighted by Crippen LogP contribution is -2.32. The molecule has 0 saturated carbocycles. The van der Waals surface area contributed by atoms with Crippen molar-refractivity contribution in [3.05, 3.63) is 59.1 Å². The molecule has 0 saturated heterocycles. The average molecular weight is 405 g/mol. The number of para-hydroxylation sites is 1. The molecule has 1 atom stereocenters. The molecule has 0 aromatic heterocycles. The summed E-state index contributed by atoms with van der Waals surface area (Å²) in [5, 5.41) is 6.51. The number of hydrogen-bond acceptors (Lipinski definition) is 3. The molecule has 6 heteroatoms. The molecule has 0 fully saturated rings. The van der Waals surface area contributed by atoms with Gasteiger partial charge in [-0.3, -0.25) is 9.59 Å². The van der Waals surface area contributed by atoms with Gasteiger partial charge in [-0.05, 0) is 61.9 Å². The zero-order valence-corrected chi connectivity index (χ0v) is 17.2. The molecule has 27 heavy (non-hydrogen) atoms. The Morgan fingerprint density at radius 2 is 1.81 bits per heavy atom. The molecule has 0 heterocycles. The van der Waals surface area contributed by atoms with Crippen molar-refractivity contribution in [3.63, 3.8) is 0 Å². The number of carbonyl (C=O) groups excluding carboxylic acids is 2. The normalized spacial score (nSPS) is 11.7. The van der Waals surface area contributed by atoms with E-state index in [0.29, 0.717) is 17.7 Å². The van der Waals surface area contributed by atoms with Crippen LogP contribution in [-0.4, -0.2) is 23.6 Å². The Morgan fingerprint density at radius 1 is 1.11 bits per heavy atom. The number of hydrogen-bond donors (Lipinski definition) is 2. The Kier molecular flexibility index (Phi) is 8.69. The average Bonchev–Trinajstić information content (AvgIpc) is 2.67. The first-order chi connectivity index (χ1) is 13.0. The topological polar surface area (TPSA) is 58.2 Å². The Hall–Kier alpha value is -1.98. The van der Waals surface area contributed by atoms with Crippen LogP contribution < -0.4 is 10.6 Å². The zero-order chi connectivity index (χ0) is 19.6. The van der Waals surface area contributed by atoms with Crippen molar-refractivity contribution in [2.24, 2.45) is 0 Å². The highest BCUT2D eigenvalue weighted by Crippen LogP contribution is 2.22. The largest absolute Gasteiger partial charge is 0.350 e. The molecule has 4 nitrogen and oxygen atoms in total. The predicted octanol–water partition coefficient (Wildman–Crippen LogP) is 5.38. The number of benzene rings is 2. The van der Waals surface area contributed by atoms with Gasteiger partial charge in [0.15, 0.2) is 0 Å². The standard InChI is InChI=1S/C21H25ClN2O2S/c1-3-15(2)23-21(26)18-7-4-5-8-19(18)24-20(25)9-6-14-27-17-12-10-16(22)11-13-17/h4-5,7-8,10-13,15H,3,6,9,14H2,1-2H3,(H,23,26)(H,24,25). The second-order valence-electron chi connectivity index (χ2n) is 6.28. The molecular weight excluding hydrogens is 380 g/mol. The molecule has 2 rings (SSSR count). The van der Waals surface area contributed by atoms with Crippen LogP contribution in [0.5, 0.6) is 0 Å². The molecule has 0 spiro atoms. The molecule has 0 bridgehead atoms. The Morgan fingerprint density at radius 3 is 2.52 bits per heavy atom. The third-order valence-corrected chi connectivity index (χ3v) is 5.42. The van der Waals surface area contributed by atoms with E-state index in [-0.39, 0.29) is 17.9 Å². The van der Waals surface area contributed by atoms with Gasteiger partial charge in [0.25, 0.3) is 5.91 Å². The van der Waals surface area contributed by atoms with Crippen molar-refractivity contribution in [1.82, 2.24) is 5.32 Å². The van der Waals surface area contributed by atoms with Crippen LogP contribution in [0.2, 0.25) is 5.02 Å². The smallest absolute Gasteiger partial charge is 0.253 e. The van der Waals surface area contributed by atoms with Crippen LogP contribution in [0.25, 0.3) is 0 Å². The lowest BCUT2D eigenvalue weighted by Gasteiger charge is -2.14. The van der Waals surface area contributed by atoms with Crippen LogP contribution in [0, 0.1) is 0 Å². The molecule has 0 radical (unpaired) electrons. The summed E-state index contributed by atoms with van der Waals surface area (Å²) in [6.07, 6.45) is 2.01. The van der Waals surface area contributed by atoms with Gasteiger partial charge in [0.1, 0.15) is 0 Å². The highest BCUT2D eigenvalue weighted by molar-refractivity contribution is 7.99. The lowest BCUT2D eigenvalue weighted by molar-refractivity contribution is -0.116. The van der Waals surface area contributed by atoms with Crippen molar-refractivity contribution in [1.29, 1.82) is 0 Å². The van der Waals surface area contributed by atoms with E-state index in [4.69, 9.17) is 11.6 Å². The maximum absolute atomic E-state index is 12.4. The molecule has 144 valence electrons. The predicted molar refractivity (Wildman–Crippen MR) is 114 cm³/mol. The number of carbonyl (C=O) groups is 2. The van der Waals surface area contributed by atoms with Crippen molar-refractivity contribution >= 4 is 40.9 Å². The van der Waals surface area contributed by atoms with Gasteiger partial charge in [-0.1, -0.05) is 30.7 Å². The van der Waals surface area contributed by atoms with Gasteiger partial charge >= 0.3 is 0 Å². The molecule has 2 aromatic rings. The summed E-state index contributed by atoms with van der Waals surface area (Å²) < 4.78 is 0. The molecule has 0 aliphatic rings. The van der Waals surface area contributed by atoms with Crippen LogP contribution in [0.15, 0.2) is 53.4 Å². The Labute approximate surface area is 170 Å². The summed E-state index contributed by atoms with van der Waals surface area (Å²) in [5.41, 5.74) is 1.04. The van der Waals surface area contributed by atoms with E-state index in [0.717, 1.165) is 28.5 Å². The fourth-order valence-electron chi connectivity index (χ4n) is 2.36. The van der Waals surface area contributed by atoms with Crippen molar-refractivity contribution < 1.29 is 9.59 Å². The van der Waals surface area contributed by atoms with Crippen LogP contribution >= 0.6 is 23.4 Å². The lowest BCUT2D eigenvalue weighted by atomic mass is 10.1. The zero-order valence-electron chi connectivity index (χ0n) is 15.6. The number of thioether (sulfide) groups is 1. The molecule has 2 N–H and O–H groups in total. The maximum Gasteiger partial charge on any atom is 0.253 e. The monoisotopic (exact) mass is 404 g/mol. The highest BCUT2D eigenvalue weighted by atomic mass is 35.5. The second kappa shape index (κ2) is 11.0. The van der Waals surface area contributed by atoms with Gasteiger partial charge < -0.3 is 10.6 Å². The van der Waals surface area contributed by atoms with Gasteiger partial charge in [-0.25, -0.2) is 0 Å². The third kappa shape index (κ3) is 7.27. The van der Waals surface area contributed by atoms with E-state index in [1.54, 1.807) is 30.0 Å². The quantitative estimate of drug-likeness (QED) is 0.435. The molecule has 2 amide bonds. The number of amides is 2. The number of nitrogens with one attached hydrogen (secondary N) is 2. The second-order valence-corrected chi connectivity index (χ2v) is 7.89. The van der Waals surface area contributed by atoms with Crippen molar-refractivity contribution in [3.8, 4) is 0 Å². The first-order valence-electron chi connectivity index (χ1n) is 9.07. The minimum absolute atomic E-state index is 0.0875. The van der Waals surface area contributed by atoms with Crippen LogP contribution in [-0.2, 0) is 4.79 Å². The SMILES string of the molecule is CCC(C)NC(=O)c1ccccc1NC(=O)CCCSc1ccc(Cl)cc1. The molecule has 0 aliphatic heterocycles. The Balaban J connectivity index is 1.83. The van der Waals surface area contributed by atoms with Gasteiger partial charge in [-0.2, -0.15) is 0 Å². The van der Waals surface area contributed by atoms with Crippen LogP contribution in [0.1, 0.15) is 43.5 Å². The summed E-state index contributed by atoms with van der Waals surface area (Å²) in [6, 6.07) is 14.8. The van der Waals surface area contributed by atoms with Crippen molar-refractivity contribution in [2.75, 3.05) is 11.1 Å². The first kappa shape index (κ1) is 21.3. The Bertz CT molecular complexity index is 765. The van der Waals surface area contributed by atoms with E-state index in [2.05, 4.69) is 10.6 Å². The van der Waals surface area contributed by atoms with Crippen LogP contribution in [0.4, 0.5) is 5.69 Å². The van der Waals surface area contributed by atoms with Gasteiger partial charge in [0, 0.05) is 22.4 Å². The fraction of sp³-hybridized carbons (Fsp3) is 0.333. The van der Waals surface area contributed by atoms with E-state index < -0.39 is 0 Å². The third-order valence-electron chi connectivity index (χ3n) is 4.07. The van der Waals surface area contributed by atoms with Gasteiger partial charge in [0.05, 0.1) is 11.3 Å². The van der Waals surface area contributed by atoms with Gasteiger partial charge in [-0.15, -0.1) is 11.8 Å². The number of halogens is 1. The minimum atomic E-state index is -0.168.